The topological polar surface area (TPSA) is 42.4 Å². The first-order valence-electron chi connectivity index (χ1n) is 8.02. The van der Waals surface area contributed by atoms with Gasteiger partial charge in [0.25, 0.3) is 0 Å². The number of rotatable bonds is 5. The minimum Gasteiger partial charge on any atom is -0.471 e. The summed E-state index contributed by atoms with van der Waals surface area (Å²) in [6.07, 6.45) is 0.0838. The molecule has 0 spiro atoms. The summed E-state index contributed by atoms with van der Waals surface area (Å²) in [6.45, 7) is 0.809. The number of amides is 1. The quantitative estimate of drug-likeness (QED) is 0.808. The lowest BCUT2D eigenvalue weighted by Gasteiger charge is -2.38. The molecule has 1 aromatic heterocycles. The van der Waals surface area contributed by atoms with Crippen LogP contribution in [-0.2, 0) is 11.0 Å². The van der Waals surface area contributed by atoms with Crippen LogP contribution in [0.2, 0.25) is 0 Å². The molecule has 0 N–H and O–H groups in total. The Morgan fingerprint density at radius 3 is 2.67 bits per heavy atom. The zero-order valence-corrected chi connectivity index (χ0v) is 13.9. The van der Waals surface area contributed by atoms with Crippen LogP contribution in [0.25, 0.3) is 0 Å². The third-order valence-corrected chi connectivity index (χ3v) is 5.60. The van der Waals surface area contributed by atoms with Gasteiger partial charge in [-0.1, -0.05) is 18.9 Å². The summed E-state index contributed by atoms with van der Waals surface area (Å²) in [5.74, 6) is 0.491. The SMILES string of the molecule is O=C(CSC1CCCC1)N1CC(Oc2cccc(C(F)(F)F)n2)C1. The number of aromatic nitrogens is 1. The number of thioether (sulfide) groups is 1. The summed E-state index contributed by atoms with van der Waals surface area (Å²) < 4.78 is 43.3. The summed E-state index contributed by atoms with van der Waals surface area (Å²) in [7, 11) is 0. The van der Waals surface area contributed by atoms with Gasteiger partial charge in [-0.3, -0.25) is 4.79 Å². The van der Waals surface area contributed by atoms with Crippen LogP contribution in [0.3, 0.4) is 0 Å². The summed E-state index contributed by atoms with van der Waals surface area (Å²) >= 11 is 1.71. The molecule has 0 radical (unpaired) electrons. The molecule has 3 rings (SSSR count). The van der Waals surface area contributed by atoms with Crippen molar-refractivity contribution in [2.75, 3.05) is 18.8 Å². The number of nitrogens with zero attached hydrogens (tertiary/aromatic N) is 2. The highest BCUT2D eigenvalue weighted by Gasteiger charge is 2.35. The maximum atomic E-state index is 12.6. The summed E-state index contributed by atoms with van der Waals surface area (Å²) in [5.41, 5.74) is -0.972. The van der Waals surface area contributed by atoms with Crippen molar-refractivity contribution in [2.45, 2.75) is 43.2 Å². The van der Waals surface area contributed by atoms with E-state index in [1.54, 1.807) is 16.7 Å². The van der Waals surface area contributed by atoms with Gasteiger partial charge >= 0.3 is 6.18 Å². The van der Waals surface area contributed by atoms with Gasteiger partial charge in [0.2, 0.25) is 11.8 Å². The molecule has 4 nitrogen and oxygen atoms in total. The molecule has 1 aliphatic carbocycles. The van der Waals surface area contributed by atoms with Crippen molar-refractivity contribution in [1.29, 1.82) is 0 Å². The molecule has 132 valence electrons. The molecule has 8 heteroatoms. The summed E-state index contributed by atoms with van der Waals surface area (Å²) in [6, 6.07) is 3.57. The number of alkyl halides is 3. The molecule has 0 unspecified atom stereocenters. The van der Waals surface area contributed by atoms with Crippen molar-refractivity contribution < 1.29 is 22.7 Å². The average molecular weight is 360 g/mol. The number of ether oxygens (including phenoxy) is 1. The van der Waals surface area contributed by atoms with Crippen molar-refractivity contribution >= 4 is 17.7 Å². The Kier molecular flexibility index (Phi) is 5.22. The lowest BCUT2D eigenvalue weighted by molar-refractivity contribution is -0.141. The monoisotopic (exact) mass is 360 g/mol. The number of pyridine rings is 1. The van der Waals surface area contributed by atoms with Crippen LogP contribution in [0.5, 0.6) is 5.88 Å². The second-order valence-electron chi connectivity index (χ2n) is 6.11. The van der Waals surface area contributed by atoms with Gasteiger partial charge in [0.05, 0.1) is 18.8 Å². The predicted molar refractivity (Wildman–Crippen MR) is 84.9 cm³/mol. The van der Waals surface area contributed by atoms with Gasteiger partial charge in [0.1, 0.15) is 11.8 Å². The summed E-state index contributed by atoms with van der Waals surface area (Å²) in [5, 5.41) is 0.594. The van der Waals surface area contributed by atoms with E-state index >= 15 is 0 Å². The van der Waals surface area contributed by atoms with Gasteiger partial charge in [-0.25, -0.2) is 4.98 Å². The molecular weight excluding hydrogens is 341 g/mol. The minimum atomic E-state index is -4.49. The molecular formula is C16H19F3N2O2S. The number of likely N-dealkylation sites (tertiary alicyclic amines) is 1. The molecule has 0 atom stereocenters. The Labute approximate surface area is 142 Å². The van der Waals surface area contributed by atoms with Crippen LogP contribution in [0.15, 0.2) is 18.2 Å². The summed E-state index contributed by atoms with van der Waals surface area (Å²) in [4.78, 5) is 17.2. The van der Waals surface area contributed by atoms with Gasteiger partial charge in [-0.2, -0.15) is 13.2 Å². The van der Waals surface area contributed by atoms with Gasteiger partial charge < -0.3 is 9.64 Å². The normalized spacial score (nSPS) is 19.4. The molecule has 1 amide bonds. The number of halogens is 3. The fraction of sp³-hybridized carbons (Fsp3) is 0.625. The molecule has 2 aliphatic rings. The van der Waals surface area contributed by atoms with Crippen LogP contribution in [0.1, 0.15) is 31.4 Å². The van der Waals surface area contributed by atoms with Crippen molar-refractivity contribution in [3.05, 3.63) is 23.9 Å². The molecule has 2 fully saturated rings. The largest absolute Gasteiger partial charge is 0.471 e. The van der Waals surface area contributed by atoms with Crippen LogP contribution >= 0.6 is 11.8 Å². The lowest BCUT2D eigenvalue weighted by atomic mass is 10.1. The fourth-order valence-corrected chi connectivity index (χ4v) is 4.09. The average Bonchev–Trinajstić information content (AvgIpc) is 3.01. The molecule has 0 bridgehead atoms. The highest BCUT2D eigenvalue weighted by molar-refractivity contribution is 8.00. The second-order valence-corrected chi connectivity index (χ2v) is 7.40. The third-order valence-electron chi connectivity index (χ3n) is 4.25. The molecule has 1 aliphatic heterocycles. The highest BCUT2D eigenvalue weighted by Crippen LogP contribution is 2.31. The van der Waals surface area contributed by atoms with E-state index in [0.29, 0.717) is 24.1 Å². The zero-order chi connectivity index (χ0) is 17.2. The Bertz CT molecular complexity index is 585. The van der Waals surface area contributed by atoms with E-state index in [1.165, 1.54) is 37.8 Å². The number of hydrogen-bond donors (Lipinski definition) is 0. The number of carbonyl (C=O) groups is 1. The minimum absolute atomic E-state index is 0.0535. The molecule has 2 heterocycles. The maximum absolute atomic E-state index is 12.6. The van der Waals surface area contributed by atoms with E-state index in [1.807, 2.05) is 0 Å². The van der Waals surface area contributed by atoms with E-state index in [4.69, 9.17) is 4.74 Å². The molecule has 1 saturated carbocycles. The van der Waals surface area contributed by atoms with Gasteiger partial charge in [0, 0.05) is 11.3 Å². The highest BCUT2D eigenvalue weighted by atomic mass is 32.2. The van der Waals surface area contributed by atoms with Gasteiger partial charge in [-0.05, 0) is 18.9 Å². The van der Waals surface area contributed by atoms with Crippen molar-refractivity contribution in [3.63, 3.8) is 0 Å². The van der Waals surface area contributed by atoms with Gasteiger partial charge in [-0.15, -0.1) is 11.8 Å². The predicted octanol–water partition coefficient (Wildman–Crippen LogP) is 3.37. The lowest BCUT2D eigenvalue weighted by Crippen LogP contribution is -2.56. The van der Waals surface area contributed by atoms with Crippen LogP contribution < -0.4 is 4.74 Å². The van der Waals surface area contributed by atoms with E-state index < -0.39 is 11.9 Å². The van der Waals surface area contributed by atoms with Gasteiger partial charge in [0.15, 0.2) is 0 Å². The number of hydrogen-bond acceptors (Lipinski definition) is 4. The van der Waals surface area contributed by atoms with E-state index in [9.17, 15) is 18.0 Å². The van der Waals surface area contributed by atoms with Crippen molar-refractivity contribution in [3.8, 4) is 5.88 Å². The van der Waals surface area contributed by atoms with Crippen LogP contribution in [-0.4, -0.2) is 46.0 Å². The smallest absolute Gasteiger partial charge is 0.433 e. The molecule has 1 saturated heterocycles. The second kappa shape index (κ2) is 7.21. The number of carbonyl (C=O) groups excluding carboxylic acids is 1. The zero-order valence-electron chi connectivity index (χ0n) is 13.1. The van der Waals surface area contributed by atoms with E-state index in [2.05, 4.69) is 4.98 Å². The first kappa shape index (κ1) is 17.4. The fourth-order valence-electron chi connectivity index (χ4n) is 2.86. The Balaban J connectivity index is 1.42. The maximum Gasteiger partial charge on any atom is 0.433 e. The molecule has 1 aromatic rings. The first-order valence-corrected chi connectivity index (χ1v) is 9.07. The first-order chi connectivity index (χ1) is 11.4. The standard InChI is InChI=1S/C16H19F3N2O2S/c17-16(18,19)13-6-3-7-14(20-13)23-11-8-21(9-11)15(22)10-24-12-4-1-2-5-12/h3,6-7,11-12H,1-2,4-5,8-10H2. The Hall–Kier alpha value is -1.44. The molecule has 0 aromatic carbocycles. The molecule has 24 heavy (non-hydrogen) atoms. The Morgan fingerprint density at radius 1 is 1.29 bits per heavy atom. The Morgan fingerprint density at radius 2 is 2.00 bits per heavy atom. The van der Waals surface area contributed by atoms with Crippen molar-refractivity contribution in [2.24, 2.45) is 0 Å². The van der Waals surface area contributed by atoms with E-state index in [0.717, 1.165) is 6.07 Å². The van der Waals surface area contributed by atoms with E-state index in [-0.39, 0.29) is 17.9 Å². The van der Waals surface area contributed by atoms with Crippen LogP contribution in [0, 0.1) is 0 Å². The van der Waals surface area contributed by atoms with Crippen molar-refractivity contribution in [1.82, 2.24) is 9.88 Å². The van der Waals surface area contributed by atoms with Crippen LogP contribution in [0.4, 0.5) is 13.2 Å². The third kappa shape index (κ3) is 4.34.